The molecular weight excluding hydrogens is 238 g/mol. The third-order valence-corrected chi connectivity index (χ3v) is 3.19. The second kappa shape index (κ2) is 5.25. The fourth-order valence-corrected chi connectivity index (χ4v) is 2.07. The molecule has 19 heavy (non-hydrogen) atoms. The van der Waals surface area contributed by atoms with E-state index in [2.05, 4.69) is 11.2 Å². The number of nitriles is 1. The van der Waals surface area contributed by atoms with Crippen LogP contribution in [0.4, 0.5) is 0 Å². The minimum absolute atomic E-state index is 0.499. The average molecular weight is 255 g/mol. The SMILES string of the molecule is CCn1cc(CC(C)(O)c2ccc(C#N)cc2)cn1. The maximum atomic E-state index is 10.6. The molecule has 0 fully saturated rings. The molecule has 4 heteroatoms. The molecule has 0 bridgehead atoms. The van der Waals surface area contributed by atoms with Crippen molar-refractivity contribution in [1.29, 1.82) is 5.26 Å². The highest BCUT2D eigenvalue weighted by molar-refractivity contribution is 5.34. The summed E-state index contributed by atoms with van der Waals surface area (Å²) in [5.74, 6) is 0. The second-order valence-corrected chi connectivity index (χ2v) is 4.84. The largest absolute Gasteiger partial charge is 0.385 e. The lowest BCUT2D eigenvalue weighted by Gasteiger charge is -2.23. The molecule has 1 unspecified atom stereocenters. The van der Waals surface area contributed by atoms with Crippen molar-refractivity contribution in [3.05, 3.63) is 53.3 Å². The van der Waals surface area contributed by atoms with Crippen molar-refractivity contribution >= 4 is 0 Å². The van der Waals surface area contributed by atoms with E-state index in [1.807, 2.05) is 17.8 Å². The Balaban J connectivity index is 2.18. The smallest absolute Gasteiger partial charge is 0.0991 e. The van der Waals surface area contributed by atoms with Crippen LogP contribution in [0, 0.1) is 11.3 Å². The lowest BCUT2D eigenvalue weighted by atomic mass is 9.90. The fraction of sp³-hybridized carbons (Fsp3) is 0.333. The normalized spacial score (nSPS) is 13.8. The Morgan fingerprint density at radius 2 is 2.05 bits per heavy atom. The number of benzene rings is 1. The Hall–Kier alpha value is -2.12. The third-order valence-electron chi connectivity index (χ3n) is 3.19. The quantitative estimate of drug-likeness (QED) is 0.911. The van der Waals surface area contributed by atoms with Crippen molar-refractivity contribution in [3.63, 3.8) is 0 Å². The fourth-order valence-electron chi connectivity index (χ4n) is 2.07. The number of hydrogen-bond donors (Lipinski definition) is 1. The molecule has 2 aromatic rings. The maximum absolute atomic E-state index is 10.6. The molecule has 2 rings (SSSR count). The van der Waals surface area contributed by atoms with Crippen molar-refractivity contribution in [1.82, 2.24) is 9.78 Å². The number of nitrogens with zero attached hydrogens (tertiary/aromatic N) is 3. The number of rotatable bonds is 4. The molecule has 1 aromatic carbocycles. The molecule has 4 nitrogen and oxygen atoms in total. The Morgan fingerprint density at radius 3 is 2.58 bits per heavy atom. The summed E-state index contributed by atoms with van der Waals surface area (Å²) in [5.41, 5.74) is 1.43. The zero-order valence-corrected chi connectivity index (χ0v) is 11.2. The minimum Gasteiger partial charge on any atom is -0.385 e. The van der Waals surface area contributed by atoms with Crippen LogP contribution >= 0.6 is 0 Å². The standard InChI is InChI=1S/C15H17N3O/c1-3-18-11-13(10-17-18)8-15(2,19)14-6-4-12(9-16)5-7-14/h4-7,10-11,19H,3,8H2,1-2H3. The summed E-state index contributed by atoms with van der Waals surface area (Å²) in [5, 5.41) is 23.5. The summed E-state index contributed by atoms with van der Waals surface area (Å²) in [7, 11) is 0. The van der Waals surface area contributed by atoms with Crippen LogP contribution in [0.1, 0.15) is 30.5 Å². The molecular formula is C15H17N3O. The van der Waals surface area contributed by atoms with Gasteiger partial charge in [-0.15, -0.1) is 0 Å². The first-order chi connectivity index (χ1) is 9.05. The van der Waals surface area contributed by atoms with Gasteiger partial charge in [-0.1, -0.05) is 12.1 Å². The Bertz CT molecular complexity index is 591. The van der Waals surface area contributed by atoms with E-state index in [1.165, 1.54) is 0 Å². The van der Waals surface area contributed by atoms with Gasteiger partial charge in [-0.3, -0.25) is 4.68 Å². The Kier molecular flexibility index (Phi) is 3.68. The Labute approximate surface area is 112 Å². The van der Waals surface area contributed by atoms with Crippen LogP contribution in [0.5, 0.6) is 0 Å². The van der Waals surface area contributed by atoms with Crippen molar-refractivity contribution in [3.8, 4) is 6.07 Å². The zero-order valence-electron chi connectivity index (χ0n) is 11.2. The maximum Gasteiger partial charge on any atom is 0.0991 e. The zero-order chi connectivity index (χ0) is 13.9. The first-order valence-electron chi connectivity index (χ1n) is 6.29. The monoisotopic (exact) mass is 255 g/mol. The van der Waals surface area contributed by atoms with Crippen LogP contribution in [-0.4, -0.2) is 14.9 Å². The molecule has 0 saturated heterocycles. The van der Waals surface area contributed by atoms with Gasteiger partial charge >= 0.3 is 0 Å². The predicted molar refractivity (Wildman–Crippen MR) is 72.3 cm³/mol. The molecule has 1 aromatic heterocycles. The number of hydrogen-bond acceptors (Lipinski definition) is 3. The molecule has 0 aliphatic rings. The number of aryl methyl sites for hydroxylation is 1. The molecule has 1 atom stereocenters. The lowest BCUT2D eigenvalue weighted by Crippen LogP contribution is -2.24. The van der Waals surface area contributed by atoms with Crippen LogP contribution in [-0.2, 0) is 18.6 Å². The van der Waals surface area contributed by atoms with E-state index in [9.17, 15) is 5.11 Å². The first kappa shape index (κ1) is 13.3. The molecule has 0 spiro atoms. The highest BCUT2D eigenvalue weighted by Crippen LogP contribution is 2.25. The Morgan fingerprint density at radius 1 is 1.37 bits per heavy atom. The van der Waals surface area contributed by atoms with Crippen molar-refractivity contribution in [2.75, 3.05) is 0 Å². The predicted octanol–water partition coefficient (Wildman–Crippen LogP) is 2.22. The van der Waals surface area contributed by atoms with Crippen LogP contribution in [0.15, 0.2) is 36.7 Å². The minimum atomic E-state index is -0.963. The van der Waals surface area contributed by atoms with Crippen molar-refractivity contribution in [2.45, 2.75) is 32.4 Å². The van der Waals surface area contributed by atoms with Crippen molar-refractivity contribution in [2.24, 2.45) is 0 Å². The van der Waals surface area contributed by atoms with Gasteiger partial charge in [0.05, 0.1) is 23.4 Å². The van der Waals surface area contributed by atoms with Crippen LogP contribution < -0.4 is 0 Å². The second-order valence-electron chi connectivity index (χ2n) is 4.84. The van der Waals surface area contributed by atoms with E-state index in [4.69, 9.17) is 5.26 Å². The van der Waals surface area contributed by atoms with Gasteiger partial charge in [0.25, 0.3) is 0 Å². The van der Waals surface area contributed by atoms with Gasteiger partial charge in [0.2, 0.25) is 0 Å². The molecule has 0 saturated carbocycles. The summed E-state index contributed by atoms with van der Waals surface area (Å²) in [6.07, 6.45) is 4.22. The summed E-state index contributed by atoms with van der Waals surface area (Å²) in [6.45, 7) is 4.62. The summed E-state index contributed by atoms with van der Waals surface area (Å²) in [4.78, 5) is 0. The van der Waals surface area contributed by atoms with Crippen LogP contribution in [0.3, 0.4) is 0 Å². The molecule has 0 aliphatic carbocycles. The molecule has 98 valence electrons. The van der Waals surface area contributed by atoms with Gasteiger partial charge in [-0.2, -0.15) is 10.4 Å². The van der Waals surface area contributed by atoms with Gasteiger partial charge < -0.3 is 5.11 Å². The first-order valence-corrected chi connectivity index (χ1v) is 6.29. The van der Waals surface area contributed by atoms with Gasteiger partial charge in [-0.05, 0) is 37.1 Å². The molecule has 1 N–H and O–H groups in total. The lowest BCUT2D eigenvalue weighted by molar-refractivity contribution is 0.0576. The van der Waals surface area contributed by atoms with Crippen molar-refractivity contribution < 1.29 is 5.11 Å². The number of aliphatic hydroxyl groups is 1. The van der Waals surface area contributed by atoms with Crippen LogP contribution in [0.25, 0.3) is 0 Å². The molecule has 0 amide bonds. The van der Waals surface area contributed by atoms with Gasteiger partial charge in [-0.25, -0.2) is 0 Å². The topological polar surface area (TPSA) is 61.8 Å². The third kappa shape index (κ3) is 3.01. The van der Waals surface area contributed by atoms with Gasteiger partial charge in [0, 0.05) is 19.2 Å². The van der Waals surface area contributed by atoms with E-state index in [0.717, 1.165) is 17.7 Å². The van der Waals surface area contributed by atoms with Crippen LogP contribution in [0.2, 0.25) is 0 Å². The molecule has 0 aliphatic heterocycles. The highest BCUT2D eigenvalue weighted by Gasteiger charge is 2.24. The summed E-state index contributed by atoms with van der Waals surface area (Å²) >= 11 is 0. The molecule has 1 heterocycles. The van der Waals surface area contributed by atoms with Gasteiger partial charge in [0.1, 0.15) is 0 Å². The summed E-state index contributed by atoms with van der Waals surface area (Å²) < 4.78 is 1.84. The van der Waals surface area contributed by atoms with E-state index in [1.54, 1.807) is 37.4 Å². The molecule has 0 radical (unpaired) electrons. The summed E-state index contributed by atoms with van der Waals surface area (Å²) in [6, 6.07) is 9.10. The van der Waals surface area contributed by atoms with E-state index in [-0.39, 0.29) is 0 Å². The van der Waals surface area contributed by atoms with E-state index >= 15 is 0 Å². The average Bonchev–Trinajstić information content (AvgIpc) is 2.85. The van der Waals surface area contributed by atoms with E-state index in [0.29, 0.717) is 12.0 Å². The van der Waals surface area contributed by atoms with E-state index < -0.39 is 5.60 Å². The number of aromatic nitrogens is 2. The highest BCUT2D eigenvalue weighted by atomic mass is 16.3. The van der Waals surface area contributed by atoms with Gasteiger partial charge in [0.15, 0.2) is 0 Å².